The predicted octanol–water partition coefficient (Wildman–Crippen LogP) is 3.52. The third-order valence-corrected chi connectivity index (χ3v) is 4.93. The summed E-state index contributed by atoms with van der Waals surface area (Å²) in [7, 11) is 0. The summed E-state index contributed by atoms with van der Waals surface area (Å²) in [6.07, 6.45) is 1.87. The van der Waals surface area contributed by atoms with Crippen LogP contribution < -0.4 is 10.2 Å². The molecule has 1 saturated heterocycles. The number of hydrogen-bond acceptors (Lipinski definition) is 6. The number of nitrogens with zero attached hydrogens (tertiary/aromatic N) is 4. The first-order chi connectivity index (χ1) is 13.6. The minimum absolute atomic E-state index is 0.0356. The summed E-state index contributed by atoms with van der Waals surface area (Å²) < 4.78 is 6.15. The van der Waals surface area contributed by atoms with Crippen LogP contribution in [0.3, 0.4) is 0 Å². The Morgan fingerprint density at radius 2 is 2.11 bits per heavy atom. The molecule has 2 atom stereocenters. The van der Waals surface area contributed by atoms with Crippen molar-refractivity contribution in [2.45, 2.75) is 26.1 Å². The van der Waals surface area contributed by atoms with Crippen molar-refractivity contribution in [3.05, 3.63) is 59.9 Å². The fourth-order valence-corrected chi connectivity index (χ4v) is 3.74. The van der Waals surface area contributed by atoms with E-state index in [9.17, 15) is 5.26 Å². The van der Waals surface area contributed by atoms with Gasteiger partial charge in [-0.05, 0) is 50.2 Å². The maximum absolute atomic E-state index is 9.38. The Labute approximate surface area is 164 Å². The van der Waals surface area contributed by atoms with Gasteiger partial charge in [0.2, 0.25) is 0 Å². The normalized spacial score (nSPS) is 19.4. The van der Waals surface area contributed by atoms with Crippen molar-refractivity contribution < 1.29 is 4.74 Å². The van der Waals surface area contributed by atoms with Gasteiger partial charge < -0.3 is 15.0 Å². The van der Waals surface area contributed by atoms with Gasteiger partial charge in [0.25, 0.3) is 0 Å². The number of morpholine rings is 1. The van der Waals surface area contributed by atoms with Crippen LogP contribution in [0, 0.1) is 18.3 Å². The highest BCUT2D eigenvalue weighted by Crippen LogP contribution is 2.30. The van der Waals surface area contributed by atoms with E-state index >= 15 is 0 Å². The lowest BCUT2D eigenvalue weighted by atomic mass is 10.1. The fourth-order valence-electron chi connectivity index (χ4n) is 3.74. The van der Waals surface area contributed by atoms with Crippen LogP contribution in [-0.4, -0.2) is 41.8 Å². The zero-order valence-corrected chi connectivity index (χ0v) is 16.1. The van der Waals surface area contributed by atoms with E-state index in [2.05, 4.69) is 33.2 Å². The second kappa shape index (κ2) is 7.83. The van der Waals surface area contributed by atoms with Crippen LogP contribution >= 0.6 is 0 Å². The quantitative estimate of drug-likeness (QED) is 0.754. The molecule has 1 fully saturated rings. The lowest BCUT2D eigenvalue weighted by Gasteiger charge is -2.38. The monoisotopic (exact) mass is 373 g/mol. The number of nitrogens with one attached hydrogen (secondary N) is 1. The third kappa shape index (κ3) is 3.75. The molecule has 3 aromatic rings. The number of aromatic nitrogens is 2. The average Bonchev–Trinajstić information content (AvgIpc) is 2.71. The van der Waals surface area contributed by atoms with Gasteiger partial charge in [0, 0.05) is 42.6 Å². The minimum atomic E-state index is 0.0356. The Kier molecular flexibility index (Phi) is 5.09. The zero-order chi connectivity index (χ0) is 19.5. The van der Waals surface area contributed by atoms with Gasteiger partial charge in [-0.1, -0.05) is 6.07 Å². The van der Waals surface area contributed by atoms with E-state index in [-0.39, 0.29) is 12.2 Å². The van der Waals surface area contributed by atoms with E-state index in [1.54, 1.807) is 6.20 Å². The van der Waals surface area contributed by atoms with Crippen molar-refractivity contribution >= 4 is 22.4 Å². The molecule has 1 N–H and O–H groups in total. The first kappa shape index (κ1) is 18.2. The van der Waals surface area contributed by atoms with Crippen molar-refractivity contribution in [1.29, 1.82) is 5.26 Å². The first-order valence-electron chi connectivity index (χ1n) is 9.50. The second-order valence-electron chi connectivity index (χ2n) is 7.16. The van der Waals surface area contributed by atoms with Gasteiger partial charge in [-0.2, -0.15) is 5.26 Å². The molecule has 1 aromatic carbocycles. The summed E-state index contributed by atoms with van der Waals surface area (Å²) in [5, 5.41) is 13.8. The molecule has 0 aliphatic carbocycles. The van der Waals surface area contributed by atoms with Crippen LogP contribution in [0.1, 0.15) is 18.2 Å². The lowest BCUT2D eigenvalue weighted by Crippen LogP contribution is -2.49. The van der Waals surface area contributed by atoms with E-state index in [0.29, 0.717) is 12.1 Å². The molecule has 0 bridgehead atoms. The van der Waals surface area contributed by atoms with Gasteiger partial charge in [0.05, 0.1) is 23.3 Å². The molecule has 0 spiro atoms. The van der Waals surface area contributed by atoms with Crippen LogP contribution in [0.2, 0.25) is 0 Å². The van der Waals surface area contributed by atoms with Crippen molar-refractivity contribution in [1.82, 2.24) is 9.97 Å². The van der Waals surface area contributed by atoms with Gasteiger partial charge in [-0.3, -0.25) is 4.98 Å². The van der Waals surface area contributed by atoms with Gasteiger partial charge >= 0.3 is 0 Å². The molecular weight excluding hydrogens is 350 g/mol. The number of ether oxygens (including phenoxy) is 1. The molecule has 2 aromatic heterocycles. The smallest absolute Gasteiger partial charge is 0.126 e. The number of rotatable bonds is 4. The second-order valence-corrected chi connectivity index (χ2v) is 7.16. The third-order valence-electron chi connectivity index (χ3n) is 4.93. The highest BCUT2D eigenvalue weighted by molar-refractivity contribution is 5.95. The predicted molar refractivity (Wildman–Crippen MR) is 110 cm³/mol. The van der Waals surface area contributed by atoms with Crippen LogP contribution in [-0.2, 0) is 4.74 Å². The molecule has 6 nitrogen and oxygen atoms in total. The topological polar surface area (TPSA) is 74.1 Å². The molecule has 142 valence electrons. The lowest BCUT2D eigenvalue weighted by molar-refractivity contribution is -0.00823. The Hall–Kier alpha value is -3.17. The number of anilines is 2. The van der Waals surface area contributed by atoms with Crippen LogP contribution in [0.15, 0.2) is 48.7 Å². The molecule has 4 rings (SSSR count). The summed E-state index contributed by atoms with van der Waals surface area (Å²) in [6, 6.07) is 16.0. The first-order valence-corrected chi connectivity index (χ1v) is 9.50. The summed E-state index contributed by atoms with van der Waals surface area (Å²) in [5.41, 5.74) is 3.43. The number of aryl methyl sites for hydroxylation is 1. The Morgan fingerprint density at radius 1 is 1.21 bits per heavy atom. The Balaban J connectivity index is 1.55. The van der Waals surface area contributed by atoms with E-state index in [4.69, 9.17) is 4.74 Å². The molecule has 0 saturated carbocycles. The molecule has 0 radical (unpaired) electrons. The number of benzene rings is 1. The summed E-state index contributed by atoms with van der Waals surface area (Å²) in [6.45, 7) is 6.32. The summed E-state index contributed by atoms with van der Waals surface area (Å²) >= 11 is 0. The largest absolute Gasteiger partial charge is 0.370 e. The maximum atomic E-state index is 9.38. The Morgan fingerprint density at radius 3 is 2.93 bits per heavy atom. The number of pyridine rings is 2. The molecule has 28 heavy (non-hydrogen) atoms. The van der Waals surface area contributed by atoms with Gasteiger partial charge in [-0.25, -0.2) is 4.98 Å². The van der Waals surface area contributed by atoms with Gasteiger partial charge in [0.15, 0.2) is 0 Å². The number of nitriles is 1. The van der Waals surface area contributed by atoms with E-state index in [0.717, 1.165) is 41.2 Å². The molecule has 0 amide bonds. The van der Waals surface area contributed by atoms with Crippen molar-refractivity contribution in [2.24, 2.45) is 0 Å². The zero-order valence-electron chi connectivity index (χ0n) is 16.1. The highest BCUT2D eigenvalue weighted by atomic mass is 16.5. The van der Waals surface area contributed by atoms with E-state index in [1.165, 1.54) is 0 Å². The van der Waals surface area contributed by atoms with Crippen LogP contribution in [0.5, 0.6) is 0 Å². The average molecular weight is 373 g/mol. The number of hydrogen-bond donors (Lipinski definition) is 1. The molecule has 1 aliphatic heterocycles. The standard InChI is InChI=1S/C22H23N5O/c1-15-5-3-7-21(26-15)25-12-18-14-27(13-16(2)28-18)20-9-8-17(11-23)22-19(20)6-4-10-24-22/h3-10,16,18H,12-14H2,1-2H3,(H,25,26)/t16-,18-/m1/s1. The minimum Gasteiger partial charge on any atom is -0.370 e. The van der Waals surface area contributed by atoms with E-state index in [1.807, 2.05) is 49.4 Å². The molecule has 3 heterocycles. The molecule has 6 heteroatoms. The van der Waals surface area contributed by atoms with Gasteiger partial charge in [-0.15, -0.1) is 0 Å². The Bertz CT molecular complexity index is 1030. The van der Waals surface area contributed by atoms with Crippen molar-refractivity contribution in [3.8, 4) is 6.07 Å². The van der Waals surface area contributed by atoms with Crippen LogP contribution in [0.25, 0.3) is 10.9 Å². The molecular formula is C22H23N5O. The fraction of sp³-hybridized carbons (Fsp3) is 0.318. The highest BCUT2D eigenvalue weighted by Gasteiger charge is 2.26. The van der Waals surface area contributed by atoms with Gasteiger partial charge in [0.1, 0.15) is 11.9 Å². The van der Waals surface area contributed by atoms with Crippen molar-refractivity contribution in [2.75, 3.05) is 29.9 Å². The SMILES string of the molecule is Cc1cccc(NC[C@@H]2CN(c3ccc(C#N)c4ncccc34)C[C@@H](C)O2)n1. The van der Waals surface area contributed by atoms with Crippen LogP contribution in [0.4, 0.5) is 11.5 Å². The van der Waals surface area contributed by atoms with E-state index < -0.39 is 0 Å². The number of fused-ring (bicyclic) bond motifs is 1. The maximum Gasteiger partial charge on any atom is 0.126 e. The van der Waals surface area contributed by atoms with Crippen molar-refractivity contribution in [3.63, 3.8) is 0 Å². The molecule has 0 unspecified atom stereocenters. The molecule has 1 aliphatic rings. The summed E-state index contributed by atoms with van der Waals surface area (Å²) in [5.74, 6) is 0.862. The summed E-state index contributed by atoms with van der Waals surface area (Å²) in [4.78, 5) is 11.3.